The highest BCUT2D eigenvalue weighted by molar-refractivity contribution is 7.91. The third-order valence-corrected chi connectivity index (χ3v) is 13.9. The van der Waals surface area contributed by atoms with Gasteiger partial charge in [0.1, 0.15) is 35.6 Å². The predicted octanol–water partition coefficient (Wildman–Crippen LogP) is 4.29. The summed E-state index contributed by atoms with van der Waals surface area (Å²) < 4.78 is 87.1. The van der Waals surface area contributed by atoms with Crippen LogP contribution in [0.1, 0.15) is 90.2 Å². The largest absolute Gasteiger partial charge is 0.497 e. The summed E-state index contributed by atoms with van der Waals surface area (Å²) in [6.07, 6.45) is 1.15. The van der Waals surface area contributed by atoms with E-state index in [4.69, 9.17) is 14.2 Å². The number of amides is 4. The van der Waals surface area contributed by atoms with Crippen LogP contribution < -0.4 is 24.8 Å². The Morgan fingerprint density at radius 2 is 1.82 bits per heavy atom. The molecule has 3 N–H and O–H groups in total. The molecule has 6 atom stereocenters. The van der Waals surface area contributed by atoms with Gasteiger partial charge >= 0.3 is 12.3 Å². The molecule has 0 bridgehead atoms. The minimum Gasteiger partial charge on any atom is -0.497 e. The number of alkyl halides is 3. The Labute approximate surface area is 327 Å². The molecule has 3 aliphatic carbocycles. The molecular weight excluding hydrogens is 774 g/mol. The quantitative estimate of drug-likeness (QED) is 0.306. The normalized spacial score (nSPS) is 28.7. The van der Waals surface area contributed by atoms with Gasteiger partial charge in [0.25, 0.3) is 5.91 Å². The molecule has 1 aromatic heterocycles. The maximum Gasteiger partial charge on any atom is 0.438 e. The highest BCUT2D eigenvalue weighted by Crippen LogP contribution is 2.48. The van der Waals surface area contributed by atoms with Gasteiger partial charge in [0.15, 0.2) is 0 Å². The summed E-state index contributed by atoms with van der Waals surface area (Å²) in [5.74, 6) is -3.39. The van der Waals surface area contributed by atoms with Crippen LogP contribution in [0.4, 0.5) is 18.0 Å². The third-order valence-electron chi connectivity index (χ3n) is 11.7. The third kappa shape index (κ3) is 8.62. The number of rotatable bonds is 9. The van der Waals surface area contributed by atoms with Crippen molar-refractivity contribution in [1.82, 2.24) is 30.2 Å². The molecule has 3 saturated carbocycles. The molecule has 7 rings (SSSR count). The topological polar surface area (TPSA) is 195 Å². The molecule has 4 fully saturated rings. The fraction of sp³-hybridized carbons (Fsp3) is 0.632. The molecule has 0 unspecified atom stereocenters. The zero-order chi connectivity index (χ0) is 40.9. The van der Waals surface area contributed by atoms with Crippen LogP contribution in [0.25, 0.3) is 11.0 Å². The Hall–Kier alpha value is -4.68. The van der Waals surface area contributed by atoms with Crippen molar-refractivity contribution in [3.63, 3.8) is 0 Å². The Kier molecular flexibility index (Phi) is 10.8. The van der Waals surface area contributed by atoms with Gasteiger partial charge in [-0.25, -0.2) is 23.2 Å². The van der Waals surface area contributed by atoms with E-state index in [9.17, 15) is 40.8 Å². The van der Waals surface area contributed by atoms with Gasteiger partial charge in [0.2, 0.25) is 33.4 Å². The second-order valence-corrected chi connectivity index (χ2v) is 18.3. The highest BCUT2D eigenvalue weighted by Gasteiger charge is 2.63. The van der Waals surface area contributed by atoms with Gasteiger partial charge in [-0.05, 0) is 83.3 Å². The zero-order valence-electron chi connectivity index (χ0n) is 31.9. The summed E-state index contributed by atoms with van der Waals surface area (Å²) in [6, 6.07) is 1.56. The van der Waals surface area contributed by atoms with Crippen LogP contribution in [0, 0.1) is 11.8 Å². The molecular formula is C38H47F3N6O9S. The maximum atomic E-state index is 14.5. The average molecular weight is 821 g/mol. The molecule has 57 heavy (non-hydrogen) atoms. The summed E-state index contributed by atoms with van der Waals surface area (Å²) >= 11 is 0. The smallest absolute Gasteiger partial charge is 0.438 e. The Morgan fingerprint density at radius 1 is 1.07 bits per heavy atom. The van der Waals surface area contributed by atoms with Crippen LogP contribution in [0.3, 0.4) is 0 Å². The molecule has 0 spiro atoms. The van der Waals surface area contributed by atoms with Crippen LogP contribution >= 0.6 is 0 Å². The number of ether oxygens (including phenoxy) is 3. The lowest BCUT2D eigenvalue weighted by Gasteiger charge is -2.30. The maximum absolute atomic E-state index is 14.5. The van der Waals surface area contributed by atoms with E-state index in [0.717, 1.165) is 17.7 Å². The number of hydrogen-bond donors (Lipinski definition) is 3. The number of nitrogens with zero attached hydrogens (tertiary/aromatic N) is 3. The zero-order valence-corrected chi connectivity index (χ0v) is 32.7. The number of halogens is 3. The Morgan fingerprint density at radius 3 is 2.51 bits per heavy atom. The molecule has 2 aromatic rings. The number of fused-ring (bicyclic) bond motifs is 3. The van der Waals surface area contributed by atoms with E-state index in [-0.39, 0.29) is 42.3 Å². The van der Waals surface area contributed by atoms with E-state index in [0.29, 0.717) is 44.3 Å². The second kappa shape index (κ2) is 15.2. The van der Waals surface area contributed by atoms with E-state index < -0.39 is 92.5 Å². The summed E-state index contributed by atoms with van der Waals surface area (Å²) in [5.41, 5.74) is -3.12. The van der Waals surface area contributed by atoms with Crippen molar-refractivity contribution < 1.29 is 55.0 Å². The fourth-order valence-corrected chi connectivity index (χ4v) is 8.84. The van der Waals surface area contributed by atoms with Crippen molar-refractivity contribution in [2.75, 3.05) is 13.7 Å². The molecule has 1 aromatic carbocycles. The first-order valence-corrected chi connectivity index (χ1v) is 20.8. The fourth-order valence-electron chi connectivity index (χ4n) is 7.52. The Bertz CT molecular complexity index is 2080. The lowest BCUT2D eigenvalue weighted by Crippen LogP contribution is -2.58. The van der Waals surface area contributed by atoms with Crippen molar-refractivity contribution >= 4 is 44.9 Å². The molecule has 0 radical (unpaired) electrons. The molecule has 15 nitrogen and oxygen atoms in total. The van der Waals surface area contributed by atoms with Crippen molar-refractivity contribution in [2.45, 2.75) is 125 Å². The van der Waals surface area contributed by atoms with Crippen LogP contribution in [0.2, 0.25) is 0 Å². The van der Waals surface area contributed by atoms with Crippen molar-refractivity contribution in [3.05, 3.63) is 36.0 Å². The molecule has 1 saturated heterocycles. The highest BCUT2D eigenvalue weighted by atomic mass is 32.2. The number of benzene rings is 1. The van der Waals surface area contributed by atoms with Gasteiger partial charge in [-0.2, -0.15) is 13.2 Å². The van der Waals surface area contributed by atoms with Crippen LogP contribution in [0.5, 0.6) is 11.6 Å². The number of sulfonamides is 1. The number of carbonyl (C=O) groups is 4. The van der Waals surface area contributed by atoms with Crippen LogP contribution in [-0.2, 0) is 35.3 Å². The molecule has 4 amide bonds. The predicted molar refractivity (Wildman–Crippen MR) is 197 cm³/mol. The number of alkyl carbamates (subject to hydrolysis) is 1. The van der Waals surface area contributed by atoms with E-state index in [1.54, 1.807) is 13.0 Å². The van der Waals surface area contributed by atoms with E-state index in [1.165, 1.54) is 32.2 Å². The minimum absolute atomic E-state index is 0.0398. The molecule has 5 aliphatic rings. The van der Waals surface area contributed by atoms with Crippen molar-refractivity contribution in [2.24, 2.45) is 11.8 Å². The number of nitrogens with one attached hydrogen (secondary N) is 3. The monoisotopic (exact) mass is 820 g/mol. The van der Waals surface area contributed by atoms with Crippen molar-refractivity contribution in [3.8, 4) is 11.6 Å². The van der Waals surface area contributed by atoms with Crippen LogP contribution in [0.15, 0.2) is 30.4 Å². The number of hydrogen-bond acceptors (Lipinski definition) is 11. The van der Waals surface area contributed by atoms with Crippen LogP contribution in [-0.4, -0.2) is 95.3 Å². The lowest BCUT2D eigenvalue weighted by atomic mass is 10.0. The standard InChI is InChI=1S/C38H47F3N6O9S/c1-21(22-11-12-22)55-35(51)44-27-10-8-6-4-5-7-9-23-19-37(23,34(50)46-57(52,53)36(2)15-16-36)45-31(48)29-18-25(20-47(29)33(27)49)56-32-30(38(39,40)41)42-26-14-13-24(54-3)17-28(26)43-32/h7,9,13-14,17,21-23,25,27,29H,4-6,8,10-12,15-16,18-20H2,1-3H3,(H,44,51)(H,45,48)(H,46,50)/b9-7-/t21-,23-,25-,27+,29+,37-/m1/s1. The van der Waals surface area contributed by atoms with Gasteiger partial charge < -0.3 is 29.7 Å². The van der Waals surface area contributed by atoms with E-state index in [2.05, 4.69) is 25.3 Å². The second-order valence-electron chi connectivity index (χ2n) is 16.1. The summed E-state index contributed by atoms with van der Waals surface area (Å²) in [5, 5.41) is 5.39. The number of aromatic nitrogens is 2. The summed E-state index contributed by atoms with van der Waals surface area (Å²) in [7, 11) is -2.71. The molecule has 3 heterocycles. The van der Waals surface area contributed by atoms with Crippen molar-refractivity contribution in [1.29, 1.82) is 0 Å². The number of allylic oxidation sites excluding steroid dienone is 1. The average Bonchev–Trinajstić information content (AvgIpc) is 4.09. The molecule has 2 aliphatic heterocycles. The van der Waals surface area contributed by atoms with Gasteiger partial charge in [0.05, 0.1) is 29.4 Å². The van der Waals surface area contributed by atoms with Gasteiger partial charge in [-0.15, -0.1) is 0 Å². The van der Waals surface area contributed by atoms with Gasteiger partial charge in [-0.1, -0.05) is 25.0 Å². The SMILES string of the molecule is COc1ccc2nc(C(F)(F)F)c(O[C@@H]3C[C@H]4C(=O)N[C@]5(C(=O)NS(=O)(=O)C6(C)CC6)C[C@H]5/C=C\CCCCC[C@H](NC(=O)O[C@H](C)C5CC5)C(=O)N4C3)nc2c1. The molecule has 310 valence electrons. The summed E-state index contributed by atoms with van der Waals surface area (Å²) in [6.45, 7) is 2.89. The Balaban J connectivity index is 1.21. The van der Waals surface area contributed by atoms with E-state index >= 15 is 0 Å². The van der Waals surface area contributed by atoms with E-state index in [1.807, 2.05) is 6.08 Å². The first-order valence-electron chi connectivity index (χ1n) is 19.4. The van der Waals surface area contributed by atoms with Gasteiger partial charge in [-0.3, -0.25) is 19.1 Å². The number of methoxy groups -OCH3 is 1. The summed E-state index contributed by atoms with van der Waals surface area (Å²) in [4.78, 5) is 64.8. The van der Waals surface area contributed by atoms with Gasteiger partial charge in [0, 0.05) is 18.4 Å². The minimum atomic E-state index is -4.99. The molecule has 19 heteroatoms. The first-order chi connectivity index (χ1) is 26.9. The number of carbonyl (C=O) groups excluding carboxylic acids is 4. The lowest BCUT2D eigenvalue weighted by molar-refractivity contribution is -0.143. The first kappa shape index (κ1) is 40.5.